The number of fused-ring (bicyclic) bond motifs is 3. The SMILES string of the molecule is CC[C@@H](C)NC(=O)CSc1cc(C)c(C#N)c2nc3ccccc3n12. The molecule has 0 saturated carbocycles. The highest BCUT2D eigenvalue weighted by Gasteiger charge is 2.16. The number of carbonyl (C=O) groups is 1. The second kappa shape index (κ2) is 7.16. The number of amides is 1. The lowest BCUT2D eigenvalue weighted by Crippen LogP contribution is -2.33. The first kappa shape index (κ1) is 17.3. The minimum atomic E-state index is 0.0129. The topological polar surface area (TPSA) is 70.2 Å². The molecule has 0 saturated heterocycles. The van der Waals surface area contributed by atoms with E-state index in [1.54, 1.807) is 0 Å². The third-order valence-corrected chi connectivity index (χ3v) is 5.22. The maximum absolute atomic E-state index is 12.1. The summed E-state index contributed by atoms with van der Waals surface area (Å²) in [6, 6.07) is 12.2. The van der Waals surface area contributed by atoms with Gasteiger partial charge in [0.15, 0.2) is 5.65 Å². The molecule has 0 radical (unpaired) electrons. The summed E-state index contributed by atoms with van der Waals surface area (Å²) in [6.07, 6.45) is 0.906. The van der Waals surface area contributed by atoms with Crippen molar-refractivity contribution in [3.63, 3.8) is 0 Å². The molecule has 0 bridgehead atoms. The summed E-state index contributed by atoms with van der Waals surface area (Å²) in [5.41, 5.74) is 3.88. The van der Waals surface area contributed by atoms with Crippen molar-refractivity contribution in [2.24, 2.45) is 0 Å². The third kappa shape index (κ3) is 3.33. The van der Waals surface area contributed by atoms with E-state index >= 15 is 0 Å². The van der Waals surface area contributed by atoms with Crippen LogP contribution in [0.1, 0.15) is 31.4 Å². The highest BCUT2D eigenvalue weighted by Crippen LogP contribution is 2.29. The van der Waals surface area contributed by atoms with Gasteiger partial charge in [-0.3, -0.25) is 9.20 Å². The number of nitrogens with zero attached hydrogens (tertiary/aromatic N) is 3. The predicted octanol–water partition coefficient (Wildman–Crippen LogP) is 3.67. The third-order valence-electron chi connectivity index (χ3n) is 4.22. The molecule has 128 valence electrons. The van der Waals surface area contributed by atoms with Crippen LogP contribution in [0, 0.1) is 18.3 Å². The van der Waals surface area contributed by atoms with Gasteiger partial charge in [0.1, 0.15) is 6.07 Å². The smallest absolute Gasteiger partial charge is 0.230 e. The molecule has 6 heteroatoms. The average Bonchev–Trinajstić information content (AvgIpc) is 2.98. The van der Waals surface area contributed by atoms with E-state index in [0.717, 1.165) is 28.0 Å². The molecule has 2 aromatic heterocycles. The van der Waals surface area contributed by atoms with Crippen molar-refractivity contribution in [3.8, 4) is 6.07 Å². The number of para-hydroxylation sites is 2. The zero-order chi connectivity index (χ0) is 18.0. The van der Waals surface area contributed by atoms with Gasteiger partial charge in [-0.2, -0.15) is 5.26 Å². The number of aromatic nitrogens is 2. The van der Waals surface area contributed by atoms with E-state index in [1.807, 2.05) is 55.5 Å². The number of hydrogen-bond acceptors (Lipinski definition) is 4. The van der Waals surface area contributed by atoms with Crippen molar-refractivity contribution in [1.82, 2.24) is 14.7 Å². The van der Waals surface area contributed by atoms with Gasteiger partial charge in [0.2, 0.25) is 5.91 Å². The fourth-order valence-electron chi connectivity index (χ4n) is 2.72. The fourth-order valence-corrected chi connectivity index (χ4v) is 3.65. The van der Waals surface area contributed by atoms with E-state index in [-0.39, 0.29) is 11.9 Å². The van der Waals surface area contributed by atoms with Gasteiger partial charge in [0.05, 0.1) is 27.4 Å². The lowest BCUT2D eigenvalue weighted by molar-refractivity contribution is -0.119. The summed E-state index contributed by atoms with van der Waals surface area (Å²) in [4.78, 5) is 16.7. The van der Waals surface area contributed by atoms with Gasteiger partial charge < -0.3 is 5.32 Å². The lowest BCUT2D eigenvalue weighted by Gasteiger charge is -2.12. The van der Waals surface area contributed by atoms with Crippen molar-refractivity contribution in [2.75, 3.05) is 5.75 Å². The maximum Gasteiger partial charge on any atom is 0.230 e. The zero-order valence-electron chi connectivity index (χ0n) is 14.5. The first-order valence-corrected chi connectivity index (χ1v) is 9.26. The Morgan fingerprint density at radius 1 is 1.44 bits per heavy atom. The summed E-state index contributed by atoms with van der Waals surface area (Å²) in [6.45, 7) is 5.94. The quantitative estimate of drug-likeness (QED) is 0.711. The highest BCUT2D eigenvalue weighted by molar-refractivity contribution is 7.99. The molecule has 5 nitrogen and oxygen atoms in total. The van der Waals surface area contributed by atoms with Crippen molar-refractivity contribution >= 4 is 34.3 Å². The molecule has 25 heavy (non-hydrogen) atoms. The number of carbonyl (C=O) groups excluding carboxylic acids is 1. The van der Waals surface area contributed by atoms with Crippen molar-refractivity contribution in [1.29, 1.82) is 5.26 Å². The molecule has 1 N–H and O–H groups in total. The number of imidazole rings is 1. The van der Waals surface area contributed by atoms with E-state index in [4.69, 9.17) is 0 Å². The van der Waals surface area contributed by atoms with Gasteiger partial charge in [0, 0.05) is 6.04 Å². The zero-order valence-corrected chi connectivity index (χ0v) is 15.4. The fraction of sp³-hybridized carbons (Fsp3) is 0.316. The molecule has 1 amide bonds. The molecular weight excluding hydrogens is 332 g/mol. The molecule has 0 unspecified atom stereocenters. The molecular formula is C19H20N4OS. The van der Waals surface area contributed by atoms with Crippen LogP contribution in [0.5, 0.6) is 0 Å². The Hall–Kier alpha value is -2.52. The molecule has 0 fully saturated rings. The van der Waals surface area contributed by atoms with Crippen molar-refractivity contribution < 1.29 is 4.79 Å². The van der Waals surface area contributed by atoms with Crippen molar-refractivity contribution in [3.05, 3.63) is 41.5 Å². The van der Waals surface area contributed by atoms with Gasteiger partial charge in [0.25, 0.3) is 0 Å². The molecule has 3 aromatic rings. The maximum atomic E-state index is 12.1. The summed E-state index contributed by atoms with van der Waals surface area (Å²) in [5.74, 6) is 0.344. The van der Waals surface area contributed by atoms with Crippen molar-refractivity contribution in [2.45, 2.75) is 38.3 Å². The standard InChI is InChI=1S/C19H20N4OS/c1-4-13(3)21-17(24)11-25-18-9-12(2)14(10-20)19-22-15-7-5-6-8-16(15)23(18)19/h5-9,13H,4,11H2,1-3H3,(H,21,24)/t13-/m1/s1. The van der Waals surface area contributed by atoms with Crippen LogP contribution in [0.4, 0.5) is 0 Å². The summed E-state index contributed by atoms with van der Waals surface area (Å²) in [5, 5.41) is 13.4. The van der Waals surface area contributed by atoms with Crippen LogP contribution in [0.25, 0.3) is 16.7 Å². The van der Waals surface area contributed by atoms with Crippen LogP contribution in [0.2, 0.25) is 0 Å². The minimum Gasteiger partial charge on any atom is -0.353 e. The normalized spacial score (nSPS) is 12.2. The van der Waals surface area contributed by atoms with Crippen LogP contribution >= 0.6 is 11.8 Å². The van der Waals surface area contributed by atoms with E-state index in [0.29, 0.717) is 17.0 Å². The van der Waals surface area contributed by atoms with Gasteiger partial charge in [-0.15, -0.1) is 0 Å². The average molecular weight is 352 g/mol. The number of nitrogens with one attached hydrogen (secondary N) is 1. The highest BCUT2D eigenvalue weighted by atomic mass is 32.2. The van der Waals surface area contributed by atoms with Gasteiger partial charge >= 0.3 is 0 Å². The van der Waals surface area contributed by atoms with Gasteiger partial charge in [-0.05, 0) is 44.0 Å². The first-order valence-electron chi connectivity index (χ1n) is 8.28. The Bertz CT molecular complexity index is 986. The van der Waals surface area contributed by atoms with Gasteiger partial charge in [-0.1, -0.05) is 30.8 Å². The number of aryl methyl sites for hydroxylation is 1. The Kier molecular flexibility index (Phi) is 4.95. The molecule has 1 aromatic carbocycles. The Morgan fingerprint density at radius 2 is 2.20 bits per heavy atom. The number of benzene rings is 1. The number of hydrogen-bond donors (Lipinski definition) is 1. The monoisotopic (exact) mass is 352 g/mol. The minimum absolute atomic E-state index is 0.0129. The van der Waals surface area contributed by atoms with Crippen LogP contribution in [-0.4, -0.2) is 27.1 Å². The molecule has 2 heterocycles. The second-order valence-corrected chi connectivity index (χ2v) is 7.07. The summed E-state index contributed by atoms with van der Waals surface area (Å²) >= 11 is 1.46. The van der Waals surface area contributed by atoms with E-state index < -0.39 is 0 Å². The number of thioether (sulfide) groups is 1. The van der Waals surface area contributed by atoms with E-state index in [1.165, 1.54) is 11.8 Å². The van der Waals surface area contributed by atoms with Crippen LogP contribution in [0.15, 0.2) is 35.4 Å². The molecule has 0 spiro atoms. The number of rotatable bonds is 5. The summed E-state index contributed by atoms with van der Waals surface area (Å²) in [7, 11) is 0. The Labute approximate surface area is 151 Å². The molecule has 0 aliphatic carbocycles. The molecule has 0 aliphatic heterocycles. The number of pyridine rings is 1. The van der Waals surface area contributed by atoms with Crippen LogP contribution in [0.3, 0.4) is 0 Å². The molecule has 3 rings (SSSR count). The molecule has 0 aliphatic rings. The van der Waals surface area contributed by atoms with Gasteiger partial charge in [-0.25, -0.2) is 4.98 Å². The largest absolute Gasteiger partial charge is 0.353 e. The summed E-state index contributed by atoms with van der Waals surface area (Å²) < 4.78 is 1.97. The Morgan fingerprint density at radius 3 is 2.92 bits per heavy atom. The Balaban J connectivity index is 2.03. The second-order valence-electron chi connectivity index (χ2n) is 6.08. The number of nitriles is 1. The van der Waals surface area contributed by atoms with E-state index in [2.05, 4.69) is 16.4 Å². The lowest BCUT2D eigenvalue weighted by atomic mass is 10.2. The van der Waals surface area contributed by atoms with E-state index in [9.17, 15) is 10.1 Å². The predicted molar refractivity (Wildman–Crippen MR) is 101 cm³/mol. The van der Waals surface area contributed by atoms with Crippen LogP contribution < -0.4 is 5.32 Å². The van der Waals surface area contributed by atoms with Crippen LogP contribution in [-0.2, 0) is 4.79 Å². The molecule has 1 atom stereocenters. The first-order chi connectivity index (χ1) is 12.0.